The summed E-state index contributed by atoms with van der Waals surface area (Å²) < 4.78 is 8.02. The van der Waals surface area contributed by atoms with Crippen LogP contribution in [0, 0.1) is 6.92 Å². The van der Waals surface area contributed by atoms with E-state index in [0.29, 0.717) is 0 Å². The average Bonchev–Trinajstić information content (AvgIpc) is 2.33. The maximum atomic E-state index is 11.9. The second-order valence-electron chi connectivity index (χ2n) is 4.29. The summed E-state index contributed by atoms with van der Waals surface area (Å²) >= 11 is 3.42. The Hall–Kier alpha value is -0.650. The quantitative estimate of drug-likeness (QED) is 0.843. The molecule has 0 bridgehead atoms. The molecule has 0 aliphatic carbocycles. The van der Waals surface area contributed by atoms with Crippen LogP contribution in [0.3, 0.4) is 0 Å². The van der Waals surface area contributed by atoms with Gasteiger partial charge in [0.15, 0.2) is 0 Å². The van der Waals surface area contributed by atoms with Crippen LogP contribution in [0.15, 0.2) is 21.5 Å². The van der Waals surface area contributed by atoms with Crippen LogP contribution in [0.4, 0.5) is 0 Å². The molecule has 0 saturated carbocycles. The maximum Gasteiger partial charge on any atom is 0.253 e. The van der Waals surface area contributed by atoms with Crippen molar-refractivity contribution < 1.29 is 4.74 Å². The highest BCUT2D eigenvalue weighted by Gasteiger charge is 2.10. The van der Waals surface area contributed by atoms with Gasteiger partial charge in [0.2, 0.25) is 0 Å². The molecule has 0 unspecified atom stereocenters. The predicted octanol–water partition coefficient (Wildman–Crippen LogP) is 1.25. The van der Waals surface area contributed by atoms with Crippen molar-refractivity contribution in [3.05, 3.63) is 32.7 Å². The van der Waals surface area contributed by atoms with E-state index in [1.807, 2.05) is 19.2 Å². The largest absolute Gasteiger partial charge is 0.379 e. The minimum absolute atomic E-state index is 0.0986. The van der Waals surface area contributed by atoms with Crippen molar-refractivity contribution in [2.75, 3.05) is 32.8 Å². The Morgan fingerprint density at radius 1 is 1.35 bits per heavy atom. The topological polar surface area (TPSA) is 34.5 Å². The van der Waals surface area contributed by atoms with Crippen LogP contribution in [0.1, 0.15) is 5.56 Å². The fourth-order valence-electron chi connectivity index (χ4n) is 1.98. The van der Waals surface area contributed by atoms with Crippen LogP contribution >= 0.6 is 15.9 Å². The van der Waals surface area contributed by atoms with E-state index in [1.54, 1.807) is 4.57 Å². The summed E-state index contributed by atoms with van der Waals surface area (Å²) in [7, 11) is 0. The number of aromatic nitrogens is 1. The van der Waals surface area contributed by atoms with Crippen molar-refractivity contribution in [2.24, 2.45) is 0 Å². The molecule has 17 heavy (non-hydrogen) atoms. The normalized spacial score (nSPS) is 17.3. The number of pyridine rings is 1. The molecule has 0 aromatic carbocycles. The van der Waals surface area contributed by atoms with E-state index >= 15 is 0 Å². The number of rotatable bonds is 3. The van der Waals surface area contributed by atoms with Crippen molar-refractivity contribution in [1.29, 1.82) is 0 Å². The van der Waals surface area contributed by atoms with Gasteiger partial charge in [-0.25, -0.2) is 0 Å². The third-order valence-corrected chi connectivity index (χ3v) is 3.43. The van der Waals surface area contributed by atoms with E-state index in [4.69, 9.17) is 4.74 Å². The third-order valence-electron chi connectivity index (χ3n) is 2.99. The molecule has 1 saturated heterocycles. The van der Waals surface area contributed by atoms with Gasteiger partial charge in [0.05, 0.1) is 13.2 Å². The van der Waals surface area contributed by atoms with Crippen LogP contribution in [-0.4, -0.2) is 42.3 Å². The van der Waals surface area contributed by atoms with Crippen LogP contribution < -0.4 is 5.56 Å². The molecule has 1 aromatic heterocycles. The molecule has 0 N–H and O–H groups in total. The van der Waals surface area contributed by atoms with Crippen LogP contribution in [-0.2, 0) is 11.3 Å². The lowest BCUT2D eigenvalue weighted by molar-refractivity contribution is 0.0362. The molecule has 4 nitrogen and oxygen atoms in total. The Kier molecular flexibility index (Phi) is 4.36. The molecule has 1 aliphatic heterocycles. The first kappa shape index (κ1) is 12.8. The smallest absolute Gasteiger partial charge is 0.253 e. The molecular formula is C12H17BrN2O2. The number of nitrogens with zero attached hydrogens (tertiary/aromatic N) is 2. The highest BCUT2D eigenvalue weighted by molar-refractivity contribution is 9.10. The molecule has 94 valence electrons. The Morgan fingerprint density at radius 2 is 2.06 bits per heavy atom. The Bertz CT molecular complexity index is 439. The maximum absolute atomic E-state index is 11.9. The first-order valence-electron chi connectivity index (χ1n) is 5.83. The molecule has 1 aromatic rings. The van der Waals surface area contributed by atoms with E-state index < -0.39 is 0 Å². The molecule has 2 heterocycles. The van der Waals surface area contributed by atoms with Gasteiger partial charge in [-0.2, -0.15) is 0 Å². The zero-order chi connectivity index (χ0) is 12.3. The molecule has 1 aliphatic rings. The number of halogens is 1. The fraction of sp³-hybridized carbons (Fsp3) is 0.583. The van der Waals surface area contributed by atoms with Gasteiger partial charge in [0.1, 0.15) is 0 Å². The van der Waals surface area contributed by atoms with Gasteiger partial charge in [-0.3, -0.25) is 9.69 Å². The lowest BCUT2D eigenvalue weighted by Gasteiger charge is -2.26. The van der Waals surface area contributed by atoms with E-state index in [1.165, 1.54) is 0 Å². The van der Waals surface area contributed by atoms with Gasteiger partial charge in [0.25, 0.3) is 5.56 Å². The molecule has 0 spiro atoms. The van der Waals surface area contributed by atoms with E-state index in [0.717, 1.165) is 49.4 Å². The van der Waals surface area contributed by atoms with Gasteiger partial charge in [0, 0.05) is 42.4 Å². The van der Waals surface area contributed by atoms with E-state index in [-0.39, 0.29) is 5.56 Å². The standard InChI is InChI=1S/C12H17BrN2O2/c1-10-8-11(13)9-15(12(10)16)3-2-14-4-6-17-7-5-14/h8-9H,2-7H2,1H3. The van der Waals surface area contributed by atoms with Crippen LogP contribution in [0.2, 0.25) is 0 Å². The van der Waals surface area contributed by atoms with Gasteiger partial charge in [-0.1, -0.05) is 0 Å². The minimum atomic E-state index is 0.0986. The second kappa shape index (κ2) is 5.80. The summed E-state index contributed by atoms with van der Waals surface area (Å²) in [4.78, 5) is 14.2. The second-order valence-corrected chi connectivity index (χ2v) is 5.21. The Morgan fingerprint density at radius 3 is 2.76 bits per heavy atom. The van der Waals surface area contributed by atoms with Crippen molar-refractivity contribution in [1.82, 2.24) is 9.47 Å². The third kappa shape index (κ3) is 3.40. The van der Waals surface area contributed by atoms with Crippen LogP contribution in [0.5, 0.6) is 0 Å². The van der Waals surface area contributed by atoms with Gasteiger partial charge < -0.3 is 9.30 Å². The first-order chi connectivity index (χ1) is 8.16. The number of aryl methyl sites for hydroxylation is 1. The summed E-state index contributed by atoms with van der Waals surface area (Å²) in [6.45, 7) is 7.00. The highest BCUT2D eigenvalue weighted by Crippen LogP contribution is 2.08. The molecule has 5 heteroatoms. The molecule has 0 radical (unpaired) electrons. The summed E-state index contributed by atoms with van der Waals surface area (Å²) in [5, 5.41) is 0. The Labute approximate surface area is 109 Å². The fourth-order valence-corrected chi connectivity index (χ4v) is 2.57. The number of morpholine rings is 1. The van der Waals surface area contributed by atoms with Gasteiger partial charge in [-0.15, -0.1) is 0 Å². The predicted molar refractivity (Wildman–Crippen MR) is 70.4 cm³/mol. The molecule has 0 amide bonds. The zero-order valence-corrected chi connectivity index (χ0v) is 11.6. The molecular weight excluding hydrogens is 284 g/mol. The van der Waals surface area contributed by atoms with Crippen LogP contribution in [0.25, 0.3) is 0 Å². The lowest BCUT2D eigenvalue weighted by Crippen LogP contribution is -2.39. The number of hydrogen-bond donors (Lipinski definition) is 0. The SMILES string of the molecule is Cc1cc(Br)cn(CCN2CCOCC2)c1=O. The summed E-state index contributed by atoms with van der Waals surface area (Å²) in [6.07, 6.45) is 1.86. The van der Waals surface area contributed by atoms with E-state index in [9.17, 15) is 4.79 Å². The monoisotopic (exact) mass is 300 g/mol. The number of ether oxygens (including phenoxy) is 1. The Balaban J connectivity index is 2.00. The molecule has 0 atom stereocenters. The molecule has 1 fully saturated rings. The van der Waals surface area contributed by atoms with Gasteiger partial charge in [-0.05, 0) is 28.9 Å². The summed E-state index contributed by atoms with van der Waals surface area (Å²) in [5.41, 5.74) is 0.878. The van der Waals surface area contributed by atoms with Gasteiger partial charge >= 0.3 is 0 Å². The minimum Gasteiger partial charge on any atom is -0.379 e. The summed E-state index contributed by atoms with van der Waals surface area (Å²) in [5.74, 6) is 0. The van der Waals surface area contributed by atoms with E-state index in [2.05, 4.69) is 20.8 Å². The van der Waals surface area contributed by atoms with Crippen molar-refractivity contribution in [2.45, 2.75) is 13.5 Å². The first-order valence-corrected chi connectivity index (χ1v) is 6.63. The van der Waals surface area contributed by atoms with Crippen molar-refractivity contribution >= 4 is 15.9 Å². The van der Waals surface area contributed by atoms with Crippen molar-refractivity contribution in [3.8, 4) is 0 Å². The average molecular weight is 301 g/mol. The molecule has 2 rings (SSSR count). The highest BCUT2D eigenvalue weighted by atomic mass is 79.9. The van der Waals surface area contributed by atoms with Crippen molar-refractivity contribution in [3.63, 3.8) is 0 Å². The lowest BCUT2D eigenvalue weighted by atomic mass is 10.3. The number of hydrogen-bond acceptors (Lipinski definition) is 3. The summed E-state index contributed by atoms with van der Waals surface area (Å²) in [6, 6.07) is 1.85. The zero-order valence-electron chi connectivity index (χ0n) is 9.99.